The lowest BCUT2D eigenvalue weighted by Gasteiger charge is -2.23. The Bertz CT molecular complexity index is 695. The van der Waals surface area contributed by atoms with E-state index < -0.39 is 43.7 Å². The molecule has 1 fully saturated rings. The monoisotopic (exact) mass is 355 g/mol. The highest BCUT2D eigenvalue weighted by Gasteiger charge is 2.43. The van der Waals surface area contributed by atoms with Gasteiger partial charge in [-0.1, -0.05) is 23.2 Å². The van der Waals surface area contributed by atoms with Crippen LogP contribution in [0.1, 0.15) is 13.3 Å². The van der Waals surface area contributed by atoms with Crippen LogP contribution in [0, 0.1) is 11.7 Å². The van der Waals surface area contributed by atoms with Gasteiger partial charge in [-0.2, -0.15) is 4.31 Å². The van der Waals surface area contributed by atoms with Crippen LogP contribution in [0.2, 0.25) is 10.0 Å². The van der Waals surface area contributed by atoms with E-state index in [2.05, 4.69) is 0 Å². The average molecular weight is 356 g/mol. The minimum Gasteiger partial charge on any atom is -0.481 e. The average Bonchev–Trinajstić information content (AvgIpc) is 2.78. The first-order valence-corrected chi connectivity index (χ1v) is 8.25. The van der Waals surface area contributed by atoms with Crippen LogP contribution in [0.5, 0.6) is 0 Å². The lowest BCUT2D eigenvalue weighted by atomic mass is 10.0. The molecular formula is C12H12Cl2FNO4S. The number of hydrogen-bond donors (Lipinski definition) is 1. The van der Waals surface area contributed by atoms with Crippen LogP contribution in [0.25, 0.3) is 0 Å². The minimum atomic E-state index is -4.08. The fourth-order valence-corrected chi connectivity index (χ4v) is 4.82. The second kappa shape index (κ2) is 5.72. The van der Waals surface area contributed by atoms with Gasteiger partial charge in [-0.05, 0) is 25.5 Å². The summed E-state index contributed by atoms with van der Waals surface area (Å²) in [5.41, 5.74) is 0. The second-order valence-electron chi connectivity index (χ2n) is 4.76. The molecule has 1 aromatic carbocycles. The van der Waals surface area contributed by atoms with Crippen molar-refractivity contribution >= 4 is 39.2 Å². The molecule has 1 aromatic rings. The second-order valence-corrected chi connectivity index (χ2v) is 7.41. The standard InChI is InChI=1S/C12H12Cl2FNO4S/c1-6-7(12(17)18)4-5-16(6)21(19,20)9-3-2-8(13)11(15)10(9)14/h2-3,6-7H,4-5H2,1H3,(H,17,18). The van der Waals surface area contributed by atoms with E-state index in [0.29, 0.717) is 0 Å². The van der Waals surface area contributed by atoms with Crippen LogP contribution >= 0.6 is 23.2 Å². The summed E-state index contributed by atoms with van der Waals surface area (Å²) in [7, 11) is -4.08. The van der Waals surface area contributed by atoms with Crippen molar-refractivity contribution in [3.8, 4) is 0 Å². The van der Waals surface area contributed by atoms with Crippen LogP contribution < -0.4 is 0 Å². The Balaban J connectivity index is 2.45. The summed E-state index contributed by atoms with van der Waals surface area (Å²) in [6.45, 7) is 1.55. The SMILES string of the molecule is CC1C(C(=O)O)CCN1S(=O)(=O)c1ccc(Cl)c(F)c1Cl. The quantitative estimate of drug-likeness (QED) is 0.845. The van der Waals surface area contributed by atoms with Gasteiger partial charge in [-0.25, -0.2) is 12.8 Å². The maximum absolute atomic E-state index is 13.7. The summed E-state index contributed by atoms with van der Waals surface area (Å²) in [6.07, 6.45) is 0.198. The molecule has 2 atom stereocenters. The maximum Gasteiger partial charge on any atom is 0.308 e. The first-order chi connectivity index (χ1) is 9.67. The van der Waals surface area contributed by atoms with Crippen molar-refractivity contribution in [3.05, 3.63) is 28.0 Å². The van der Waals surface area contributed by atoms with E-state index in [1.54, 1.807) is 0 Å². The van der Waals surface area contributed by atoms with Gasteiger partial charge >= 0.3 is 5.97 Å². The molecule has 0 amide bonds. The Morgan fingerprint density at radius 3 is 2.57 bits per heavy atom. The van der Waals surface area contributed by atoms with Crippen LogP contribution in [-0.4, -0.2) is 36.4 Å². The fourth-order valence-electron chi connectivity index (χ4n) is 2.41. The van der Waals surface area contributed by atoms with Gasteiger partial charge in [0.25, 0.3) is 0 Å². The molecule has 1 aliphatic rings. The van der Waals surface area contributed by atoms with Crippen molar-refractivity contribution < 1.29 is 22.7 Å². The van der Waals surface area contributed by atoms with Gasteiger partial charge < -0.3 is 5.11 Å². The topological polar surface area (TPSA) is 74.7 Å². The number of aliphatic carboxylic acids is 1. The molecule has 0 spiro atoms. The molecule has 1 heterocycles. The van der Waals surface area contributed by atoms with E-state index in [4.69, 9.17) is 28.3 Å². The largest absolute Gasteiger partial charge is 0.481 e. The van der Waals surface area contributed by atoms with Crippen molar-refractivity contribution in [2.24, 2.45) is 5.92 Å². The Morgan fingerprint density at radius 1 is 1.43 bits per heavy atom. The van der Waals surface area contributed by atoms with Gasteiger partial charge in [0.15, 0.2) is 5.82 Å². The Labute approximate surface area is 131 Å². The lowest BCUT2D eigenvalue weighted by Crippen LogP contribution is -2.37. The van der Waals surface area contributed by atoms with E-state index in [9.17, 15) is 17.6 Å². The molecule has 2 unspecified atom stereocenters. The number of sulfonamides is 1. The number of carboxylic acids is 1. The number of halogens is 3. The van der Waals surface area contributed by atoms with Gasteiger partial charge in [0.2, 0.25) is 10.0 Å². The van der Waals surface area contributed by atoms with E-state index in [1.165, 1.54) is 6.92 Å². The zero-order valence-electron chi connectivity index (χ0n) is 10.9. The third kappa shape index (κ3) is 2.75. The zero-order chi connectivity index (χ0) is 15.9. The highest BCUT2D eigenvalue weighted by Crippen LogP contribution is 2.35. The molecule has 21 heavy (non-hydrogen) atoms. The van der Waals surface area contributed by atoms with E-state index in [1.807, 2.05) is 0 Å². The molecule has 0 radical (unpaired) electrons. The van der Waals surface area contributed by atoms with Crippen LogP contribution in [0.3, 0.4) is 0 Å². The number of carboxylic acid groups (broad SMARTS) is 1. The Morgan fingerprint density at radius 2 is 2.05 bits per heavy atom. The maximum atomic E-state index is 13.7. The van der Waals surface area contributed by atoms with Crippen molar-refractivity contribution in [1.82, 2.24) is 4.31 Å². The molecule has 1 N–H and O–H groups in total. The normalized spacial score (nSPS) is 23.4. The predicted octanol–water partition coefficient (Wildman–Crippen LogP) is 2.62. The van der Waals surface area contributed by atoms with E-state index >= 15 is 0 Å². The molecule has 1 aliphatic heterocycles. The Hall–Kier alpha value is -0.890. The molecule has 0 aliphatic carbocycles. The number of hydrogen-bond acceptors (Lipinski definition) is 3. The molecule has 9 heteroatoms. The van der Waals surface area contributed by atoms with Crippen LogP contribution in [0.4, 0.5) is 4.39 Å². The minimum absolute atomic E-state index is 0.0427. The van der Waals surface area contributed by atoms with Crippen molar-refractivity contribution in [1.29, 1.82) is 0 Å². The first-order valence-electron chi connectivity index (χ1n) is 6.06. The summed E-state index contributed by atoms with van der Waals surface area (Å²) >= 11 is 11.3. The highest BCUT2D eigenvalue weighted by atomic mass is 35.5. The van der Waals surface area contributed by atoms with Gasteiger partial charge in [-0.15, -0.1) is 0 Å². The summed E-state index contributed by atoms with van der Waals surface area (Å²) in [6, 6.07) is 1.48. The van der Waals surface area contributed by atoms with Crippen molar-refractivity contribution in [2.45, 2.75) is 24.3 Å². The molecule has 0 saturated carbocycles. The van der Waals surface area contributed by atoms with Gasteiger partial charge in [0.1, 0.15) is 4.90 Å². The number of rotatable bonds is 3. The zero-order valence-corrected chi connectivity index (χ0v) is 13.2. The molecule has 2 rings (SSSR count). The third-order valence-electron chi connectivity index (χ3n) is 3.60. The summed E-state index contributed by atoms with van der Waals surface area (Å²) < 4.78 is 39.8. The van der Waals surface area contributed by atoms with Crippen molar-refractivity contribution in [2.75, 3.05) is 6.54 Å². The summed E-state index contributed by atoms with van der Waals surface area (Å²) in [4.78, 5) is 10.6. The lowest BCUT2D eigenvalue weighted by molar-refractivity contribution is -0.142. The highest BCUT2D eigenvalue weighted by molar-refractivity contribution is 7.89. The predicted molar refractivity (Wildman–Crippen MR) is 75.5 cm³/mol. The van der Waals surface area contributed by atoms with Gasteiger partial charge in [0.05, 0.1) is 16.0 Å². The third-order valence-corrected chi connectivity index (χ3v) is 6.40. The number of nitrogens with zero attached hydrogens (tertiary/aromatic N) is 1. The van der Waals surface area contributed by atoms with E-state index in [0.717, 1.165) is 16.4 Å². The fraction of sp³-hybridized carbons (Fsp3) is 0.417. The summed E-state index contributed by atoms with van der Waals surface area (Å²) in [5.74, 6) is -2.87. The molecule has 116 valence electrons. The molecule has 5 nitrogen and oxygen atoms in total. The van der Waals surface area contributed by atoms with Gasteiger partial charge in [-0.3, -0.25) is 4.79 Å². The van der Waals surface area contributed by atoms with Gasteiger partial charge in [0, 0.05) is 12.6 Å². The molecular weight excluding hydrogens is 344 g/mol. The molecule has 1 saturated heterocycles. The van der Waals surface area contributed by atoms with Crippen LogP contribution in [-0.2, 0) is 14.8 Å². The number of benzene rings is 1. The first kappa shape index (κ1) is 16.5. The van der Waals surface area contributed by atoms with Crippen LogP contribution in [0.15, 0.2) is 17.0 Å². The van der Waals surface area contributed by atoms with E-state index in [-0.39, 0.29) is 18.0 Å². The summed E-state index contributed by atoms with van der Waals surface area (Å²) in [5, 5.41) is 8.18. The smallest absolute Gasteiger partial charge is 0.308 e. The van der Waals surface area contributed by atoms with Crippen molar-refractivity contribution in [3.63, 3.8) is 0 Å². The Kier molecular flexibility index (Phi) is 4.49. The number of carbonyl (C=O) groups is 1. The molecule has 0 aromatic heterocycles. The molecule has 0 bridgehead atoms.